The number of sulfonamides is 1. The Morgan fingerprint density at radius 3 is 2.81 bits per heavy atom. The molecule has 1 fully saturated rings. The molecule has 1 saturated heterocycles. The highest BCUT2D eigenvalue weighted by atomic mass is 32.2. The number of aromatic nitrogens is 1. The number of para-hydroxylation sites is 1. The lowest BCUT2D eigenvalue weighted by Crippen LogP contribution is -2.59. The second kappa shape index (κ2) is 6.73. The molecule has 2 heterocycles. The SMILES string of the molecule is C=CC(=O)N1CCC(F)(F)[C@H](NS(=O)(=O)c2cccc3cccnc23)C1. The molecule has 1 N–H and O–H groups in total. The monoisotopic (exact) mass is 381 g/mol. The van der Waals surface area contributed by atoms with Crippen molar-refractivity contribution in [1.82, 2.24) is 14.6 Å². The molecule has 0 unspecified atom stereocenters. The molecule has 0 aliphatic carbocycles. The second-order valence-corrected chi connectivity index (χ2v) is 7.69. The molecule has 2 aromatic rings. The van der Waals surface area contributed by atoms with Gasteiger partial charge in [0.25, 0.3) is 5.92 Å². The number of nitrogens with one attached hydrogen (secondary N) is 1. The number of benzene rings is 1. The molecule has 1 atom stereocenters. The number of alkyl halides is 2. The summed E-state index contributed by atoms with van der Waals surface area (Å²) in [5.41, 5.74) is 0.195. The molecular weight excluding hydrogens is 364 g/mol. The summed E-state index contributed by atoms with van der Waals surface area (Å²) in [7, 11) is -4.27. The standard InChI is InChI=1S/C17H17F2N3O3S/c1-2-15(23)22-10-8-17(18,19)14(11-22)21-26(24,25)13-7-3-5-12-6-4-9-20-16(12)13/h2-7,9,14,21H,1,8,10-11H2/t14-/m1/s1. The summed E-state index contributed by atoms with van der Waals surface area (Å²) < 4.78 is 56.1. The number of piperidine rings is 1. The van der Waals surface area contributed by atoms with Crippen LogP contribution in [0.3, 0.4) is 0 Å². The zero-order valence-electron chi connectivity index (χ0n) is 13.7. The first kappa shape index (κ1) is 18.4. The topological polar surface area (TPSA) is 79.4 Å². The fourth-order valence-electron chi connectivity index (χ4n) is 2.90. The van der Waals surface area contributed by atoms with E-state index >= 15 is 0 Å². The predicted molar refractivity (Wildman–Crippen MR) is 92.2 cm³/mol. The van der Waals surface area contributed by atoms with Crippen molar-refractivity contribution < 1.29 is 22.0 Å². The van der Waals surface area contributed by atoms with Gasteiger partial charge in [-0.05, 0) is 18.2 Å². The Kier molecular flexibility index (Phi) is 4.76. The summed E-state index contributed by atoms with van der Waals surface area (Å²) in [6.07, 6.45) is 1.82. The summed E-state index contributed by atoms with van der Waals surface area (Å²) in [5.74, 6) is -3.79. The smallest absolute Gasteiger partial charge is 0.267 e. The number of rotatable bonds is 4. The third-order valence-corrected chi connectivity index (χ3v) is 5.80. The van der Waals surface area contributed by atoms with Crippen LogP contribution in [0.5, 0.6) is 0 Å². The van der Waals surface area contributed by atoms with Crippen LogP contribution in [-0.2, 0) is 14.8 Å². The van der Waals surface area contributed by atoms with Crippen LogP contribution >= 0.6 is 0 Å². The average Bonchev–Trinajstić information content (AvgIpc) is 2.62. The third kappa shape index (κ3) is 3.45. The van der Waals surface area contributed by atoms with Crippen LogP contribution in [0.2, 0.25) is 0 Å². The van der Waals surface area contributed by atoms with Gasteiger partial charge in [0.2, 0.25) is 15.9 Å². The Morgan fingerprint density at radius 1 is 1.35 bits per heavy atom. The molecule has 0 spiro atoms. The molecule has 0 bridgehead atoms. The van der Waals surface area contributed by atoms with E-state index in [0.717, 1.165) is 11.0 Å². The Bertz CT molecular complexity index is 957. The number of pyridine rings is 1. The first-order chi connectivity index (χ1) is 12.2. The minimum Gasteiger partial charge on any atom is -0.337 e. The van der Waals surface area contributed by atoms with Crippen LogP contribution < -0.4 is 4.72 Å². The lowest BCUT2D eigenvalue weighted by molar-refractivity contribution is -0.134. The highest BCUT2D eigenvalue weighted by Gasteiger charge is 2.47. The molecule has 1 aliphatic rings. The molecule has 1 aromatic carbocycles. The molecule has 0 radical (unpaired) electrons. The summed E-state index contributed by atoms with van der Waals surface area (Å²) in [6, 6.07) is 6.11. The average molecular weight is 381 g/mol. The minimum absolute atomic E-state index is 0.161. The summed E-state index contributed by atoms with van der Waals surface area (Å²) in [6.45, 7) is 2.73. The summed E-state index contributed by atoms with van der Waals surface area (Å²) in [4.78, 5) is 16.7. The maximum Gasteiger partial charge on any atom is 0.267 e. The Labute approximate surface area is 149 Å². The number of hydrogen-bond acceptors (Lipinski definition) is 4. The van der Waals surface area contributed by atoms with E-state index in [4.69, 9.17) is 0 Å². The van der Waals surface area contributed by atoms with Gasteiger partial charge in [0, 0.05) is 31.1 Å². The summed E-state index contributed by atoms with van der Waals surface area (Å²) in [5, 5.41) is 0.578. The number of hydrogen-bond donors (Lipinski definition) is 1. The van der Waals surface area contributed by atoms with E-state index in [1.807, 2.05) is 0 Å². The number of nitrogens with zero attached hydrogens (tertiary/aromatic N) is 2. The van der Waals surface area contributed by atoms with Crippen LogP contribution in [0.15, 0.2) is 54.1 Å². The van der Waals surface area contributed by atoms with E-state index in [1.165, 1.54) is 18.3 Å². The highest BCUT2D eigenvalue weighted by molar-refractivity contribution is 7.89. The Balaban J connectivity index is 1.94. The van der Waals surface area contributed by atoms with Crippen molar-refractivity contribution in [3.05, 3.63) is 49.2 Å². The van der Waals surface area contributed by atoms with Crippen LogP contribution in [0.1, 0.15) is 6.42 Å². The van der Waals surface area contributed by atoms with Crippen LogP contribution in [-0.4, -0.2) is 49.3 Å². The maximum atomic E-state index is 14.3. The zero-order chi connectivity index (χ0) is 18.9. The number of carbonyl (C=O) groups is 1. The van der Waals surface area contributed by atoms with Gasteiger partial charge in [0.15, 0.2) is 0 Å². The number of carbonyl (C=O) groups excluding carboxylic acids is 1. The first-order valence-electron chi connectivity index (χ1n) is 7.90. The van der Waals surface area contributed by atoms with Gasteiger partial charge in [-0.15, -0.1) is 0 Å². The van der Waals surface area contributed by atoms with Gasteiger partial charge < -0.3 is 4.90 Å². The fourth-order valence-corrected chi connectivity index (χ4v) is 4.33. The normalized spacial score (nSPS) is 20.1. The quantitative estimate of drug-likeness (QED) is 0.821. The van der Waals surface area contributed by atoms with Crippen molar-refractivity contribution in [2.45, 2.75) is 23.3 Å². The van der Waals surface area contributed by atoms with Gasteiger partial charge in [-0.25, -0.2) is 21.9 Å². The van der Waals surface area contributed by atoms with Gasteiger partial charge in [-0.3, -0.25) is 9.78 Å². The molecule has 6 nitrogen and oxygen atoms in total. The van der Waals surface area contributed by atoms with E-state index in [2.05, 4.69) is 16.3 Å². The van der Waals surface area contributed by atoms with E-state index in [-0.39, 0.29) is 17.0 Å². The van der Waals surface area contributed by atoms with E-state index in [1.54, 1.807) is 18.2 Å². The van der Waals surface area contributed by atoms with Gasteiger partial charge in [0.1, 0.15) is 10.9 Å². The van der Waals surface area contributed by atoms with Crippen molar-refractivity contribution in [3.8, 4) is 0 Å². The molecule has 0 saturated carbocycles. The predicted octanol–water partition coefficient (Wildman–Crippen LogP) is 1.94. The number of amides is 1. The van der Waals surface area contributed by atoms with Crippen molar-refractivity contribution in [1.29, 1.82) is 0 Å². The van der Waals surface area contributed by atoms with Crippen molar-refractivity contribution in [3.63, 3.8) is 0 Å². The van der Waals surface area contributed by atoms with Gasteiger partial charge in [0.05, 0.1) is 5.52 Å². The van der Waals surface area contributed by atoms with Crippen molar-refractivity contribution in [2.75, 3.05) is 13.1 Å². The van der Waals surface area contributed by atoms with E-state index in [0.29, 0.717) is 5.39 Å². The molecule has 9 heteroatoms. The molecule has 1 aliphatic heterocycles. The minimum atomic E-state index is -4.27. The number of likely N-dealkylation sites (tertiary alicyclic amines) is 1. The van der Waals surface area contributed by atoms with E-state index in [9.17, 15) is 22.0 Å². The van der Waals surface area contributed by atoms with Crippen LogP contribution in [0.25, 0.3) is 10.9 Å². The van der Waals surface area contributed by atoms with Gasteiger partial charge >= 0.3 is 0 Å². The van der Waals surface area contributed by atoms with Gasteiger partial charge in [-0.1, -0.05) is 24.8 Å². The lowest BCUT2D eigenvalue weighted by Gasteiger charge is -2.38. The fraction of sp³-hybridized carbons (Fsp3) is 0.294. The number of halogens is 2. The highest BCUT2D eigenvalue weighted by Crippen LogP contribution is 2.30. The van der Waals surface area contributed by atoms with Crippen molar-refractivity contribution >= 4 is 26.8 Å². The van der Waals surface area contributed by atoms with Crippen molar-refractivity contribution in [2.24, 2.45) is 0 Å². The lowest BCUT2D eigenvalue weighted by atomic mass is 10.0. The maximum absolute atomic E-state index is 14.3. The first-order valence-corrected chi connectivity index (χ1v) is 9.38. The number of fused-ring (bicyclic) bond motifs is 1. The molecule has 26 heavy (non-hydrogen) atoms. The zero-order valence-corrected chi connectivity index (χ0v) is 14.5. The van der Waals surface area contributed by atoms with E-state index < -0.39 is 40.9 Å². The molecule has 1 aromatic heterocycles. The summed E-state index contributed by atoms with van der Waals surface area (Å²) >= 11 is 0. The Morgan fingerprint density at radius 2 is 2.08 bits per heavy atom. The Hall–Kier alpha value is -2.39. The van der Waals surface area contributed by atoms with Crippen LogP contribution in [0, 0.1) is 0 Å². The van der Waals surface area contributed by atoms with Gasteiger partial charge in [-0.2, -0.15) is 0 Å². The molecular formula is C17H17F2N3O3S. The largest absolute Gasteiger partial charge is 0.337 e. The molecule has 1 amide bonds. The third-order valence-electron chi connectivity index (χ3n) is 4.30. The molecule has 138 valence electrons. The van der Waals surface area contributed by atoms with Crippen LogP contribution in [0.4, 0.5) is 8.78 Å². The molecule has 3 rings (SSSR count). The second-order valence-electron chi connectivity index (χ2n) is 6.00.